The van der Waals surface area contributed by atoms with Crippen molar-refractivity contribution in [2.75, 3.05) is 43.4 Å². The van der Waals surface area contributed by atoms with E-state index in [0.29, 0.717) is 42.8 Å². The highest BCUT2D eigenvalue weighted by Gasteiger charge is 2.21. The molecule has 0 bridgehead atoms. The van der Waals surface area contributed by atoms with Gasteiger partial charge in [0.15, 0.2) is 6.61 Å². The van der Waals surface area contributed by atoms with E-state index in [1.54, 1.807) is 41.4 Å². The lowest BCUT2D eigenvalue weighted by atomic mass is 10.1. The third-order valence-electron chi connectivity index (χ3n) is 5.40. The van der Waals surface area contributed by atoms with Gasteiger partial charge in [-0.2, -0.15) is 0 Å². The van der Waals surface area contributed by atoms with E-state index in [1.807, 2.05) is 26.0 Å². The molecule has 2 heterocycles. The standard InChI is InChI=1S/C20H23ClN2O4S.C4H5N3.H2/c1-14-11-17(12-15(2)20(14)21)27-13-19(24)23-9-7-22(8-10-23)16-3-5-18(6-4-16)28(25)26;5-4-1-2-6-3-7-4;/h3-6,11-12H,7-10,13H2,1-2H3,(H,25,26);1-3H,(H2,5,6,7);1H/p-1. The van der Waals surface area contributed by atoms with Crippen LogP contribution in [0.2, 0.25) is 5.02 Å². The molecule has 1 aromatic heterocycles. The van der Waals surface area contributed by atoms with E-state index in [0.717, 1.165) is 16.8 Å². The van der Waals surface area contributed by atoms with Crippen LogP contribution in [-0.4, -0.2) is 62.3 Å². The Bertz CT molecular complexity index is 1140. The van der Waals surface area contributed by atoms with Gasteiger partial charge >= 0.3 is 0 Å². The minimum atomic E-state index is -2.22. The first-order valence-corrected chi connectivity index (χ1v) is 12.3. The van der Waals surface area contributed by atoms with Gasteiger partial charge in [0.25, 0.3) is 5.91 Å². The van der Waals surface area contributed by atoms with Gasteiger partial charge in [-0.1, -0.05) is 11.6 Å². The molecule has 1 fully saturated rings. The molecule has 11 heteroatoms. The molecule has 1 saturated heterocycles. The zero-order valence-corrected chi connectivity index (χ0v) is 21.1. The van der Waals surface area contributed by atoms with E-state index in [-0.39, 0.29) is 18.8 Å². The molecule has 0 radical (unpaired) electrons. The Hall–Kier alpha value is -3.21. The second-order valence-electron chi connectivity index (χ2n) is 7.89. The fourth-order valence-electron chi connectivity index (χ4n) is 3.51. The Kier molecular flexibility index (Phi) is 9.41. The van der Waals surface area contributed by atoms with Gasteiger partial charge in [-0.25, -0.2) is 9.97 Å². The van der Waals surface area contributed by atoms with Crippen molar-refractivity contribution in [2.24, 2.45) is 0 Å². The molecule has 3 aromatic rings. The Morgan fingerprint density at radius 2 is 1.77 bits per heavy atom. The second kappa shape index (κ2) is 12.5. The quantitative estimate of drug-likeness (QED) is 0.510. The van der Waals surface area contributed by atoms with E-state index >= 15 is 0 Å². The maximum Gasteiger partial charge on any atom is 0.260 e. The molecule has 1 aliphatic heterocycles. The third kappa shape index (κ3) is 7.64. The maximum atomic E-state index is 12.5. The fraction of sp³-hybridized carbons (Fsp3) is 0.292. The van der Waals surface area contributed by atoms with Gasteiger partial charge < -0.3 is 24.8 Å². The summed E-state index contributed by atoms with van der Waals surface area (Å²) in [6, 6.07) is 12.0. The summed E-state index contributed by atoms with van der Waals surface area (Å²) >= 11 is 3.94. The second-order valence-corrected chi connectivity index (χ2v) is 9.21. The maximum absolute atomic E-state index is 12.5. The number of hydrogen-bond acceptors (Lipinski definition) is 8. The van der Waals surface area contributed by atoms with Crippen molar-refractivity contribution >= 4 is 40.1 Å². The minimum Gasteiger partial charge on any atom is -0.768 e. The molecule has 0 saturated carbocycles. The molecule has 9 nitrogen and oxygen atoms in total. The summed E-state index contributed by atoms with van der Waals surface area (Å²) in [4.78, 5) is 23.9. The van der Waals surface area contributed by atoms with Gasteiger partial charge in [0.2, 0.25) is 0 Å². The van der Waals surface area contributed by atoms with E-state index in [4.69, 9.17) is 22.1 Å². The van der Waals surface area contributed by atoms with Crippen LogP contribution in [0.5, 0.6) is 5.75 Å². The zero-order valence-electron chi connectivity index (χ0n) is 19.5. The molecule has 0 aliphatic carbocycles. The number of nitrogens with two attached hydrogens (primary N) is 1. The van der Waals surface area contributed by atoms with Crippen LogP contribution >= 0.6 is 11.6 Å². The number of ether oxygens (including phenoxy) is 1. The van der Waals surface area contributed by atoms with Gasteiger partial charge in [-0.15, -0.1) is 0 Å². The zero-order chi connectivity index (χ0) is 25.4. The Morgan fingerprint density at radius 1 is 1.14 bits per heavy atom. The van der Waals surface area contributed by atoms with Crippen molar-refractivity contribution in [1.82, 2.24) is 14.9 Å². The number of hydrogen-bond donors (Lipinski definition) is 1. The Morgan fingerprint density at radius 3 is 2.26 bits per heavy atom. The topological polar surface area (TPSA) is 125 Å². The summed E-state index contributed by atoms with van der Waals surface area (Å²) < 4.78 is 27.6. The lowest BCUT2D eigenvalue weighted by molar-refractivity contribution is -0.133. The fourth-order valence-corrected chi connectivity index (χ4v) is 3.98. The van der Waals surface area contributed by atoms with Crippen LogP contribution in [0.4, 0.5) is 11.5 Å². The first kappa shape index (κ1) is 26.4. The smallest absolute Gasteiger partial charge is 0.260 e. The molecule has 2 aromatic carbocycles. The summed E-state index contributed by atoms with van der Waals surface area (Å²) in [6.45, 7) is 6.36. The molecule has 35 heavy (non-hydrogen) atoms. The van der Waals surface area contributed by atoms with E-state index in [9.17, 15) is 13.6 Å². The predicted octanol–water partition coefficient (Wildman–Crippen LogP) is 3.23. The molecular weight excluding hydrogens is 490 g/mol. The van der Waals surface area contributed by atoms with Crippen molar-refractivity contribution in [3.63, 3.8) is 0 Å². The predicted molar refractivity (Wildman–Crippen MR) is 137 cm³/mol. The number of benzene rings is 2. The number of rotatable bonds is 5. The summed E-state index contributed by atoms with van der Waals surface area (Å²) in [5.41, 5.74) is 8.00. The van der Waals surface area contributed by atoms with Crippen molar-refractivity contribution in [2.45, 2.75) is 18.7 Å². The third-order valence-corrected chi connectivity index (χ3v) is 6.66. The van der Waals surface area contributed by atoms with Crippen LogP contribution in [0.1, 0.15) is 12.6 Å². The highest BCUT2D eigenvalue weighted by molar-refractivity contribution is 7.79. The van der Waals surface area contributed by atoms with Crippen LogP contribution in [0.25, 0.3) is 0 Å². The van der Waals surface area contributed by atoms with E-state index in [2.05, 4.69) is 14.9 Å². The number of carbonyl (C=O) groups excluding carboxylic acids is 1. The van der Waals surface area contributed by atoms with Crippen LogP contribution in [-0.2, 0) is 15.9 Å². The van der Waals surface area contributed by atoms with Crippen LogP contribution in [0.15, 0.2) is 59.9 Å². The lowest BCUT2D eigenvalue weighted by Crippen LogP contribution is -2.50. The van der Waals surface area contributed by atoms with Crippen LogP contribution in [0.3, 0.4) is 0 Å². The normalized spacial score (nSPS) is 14.1. The number of aryl methyl sites for hydroxylation is 2. The van der Waals surface area contributed by atoms with Gasteiger partial charge in [0.1, 0.15) is 17.9 Å². The largest absolute Gasteiger partial charge is 0.768 e. The molecule has 1 aliphatic rings. The number of amides is 1. The summed E-state index contributed by atoms with van der Waals surface area (Å²) in [5, 5.41) is 0.712. The molecular formula is C24H29ClN5O4S-. The first-order valence-electron chi connectivity index (χ1n) is 10.9. The number of halogens is 1. The SMILES string of the molecule is Cc1cc(OCC(=O)N2CCN(c3ccc(S(=O)[O-])cc3)CC2)cc(C)c1Cl.Nc1ccncn1.[HH]. The molecule has 1 atom stereocenters. The van der Waals surface area contributed by atoms with E-state index in [1.165, 1.54) is 6.33 Å². The highest BCUT2D eigenvalue weighted by atomic mass is 35.5. The molecule has 1 amide bonds. The minimum absolute atomic E-state index is 0. The Labute approximate surface area is 213 Å². The van der Waals surface area contributed by atoms with Gasteiger partial charge in [-0.05, 0) is 78.5 Å². The number of carbonyl (C=O) groups is 1. The number of anilines is 2. The van der Waals surface area contributed by atoms with Crippen molar-refractivity contribution in [1.29, 1.82) is 0 Å². The van der Waals surface area contributed by atoms with E-state index < -0.39 is 11.1 Å². The average molecular weight is 519 g/mol. The highest BCUT2D eigenvalue weighted by Crippen LogP contribution is 2.26. The molecule has 4 rings (SSSR count). The Balaban J connectivity index is 0.000000492. The summed E-state index contributed by atoms with van der Waals surface area (Å²) in [6.07, 6.45) is 3.01. The number of nitrogen functional groups attached to an aromatic ring is 1. The van der Waals surface area contributed by atoms with Crippen LogP contribution in [0, 0.1) is 13.8 Å². The molecule has 0 spiro atoms. The number of piperazine rings is 1. The molecule has 1 unspecified atom stereocenters. The first-order chi connectivity index (χ1) is 16.7. The van der Waals surface area contributed by atoms with Crippen molar-refractivity contribution < 1.29 is 19.7 Å². The van der Waals surface area contributed by atoms with Crippen LogP contribution < -0.4 is 15.4 Å². The van der Waals surface area contributed by atoms with Crippen molar-refractivity contribution in [3.8, 4) is 5.75 Å². The number of aromatic nitrogens is 2. The average Bonchev–Trinajstić information content (AvgIpc) is 2.86. The molecule has 188 valence electrons. The summed E-state index contributed by atoms with van der Waals surface area (Å²) in [5.74, 6) is 1.10. The van der Waals surface area contributed by atoms with Gasteiger partial charge in [-0.3, -0.25) is 9.00 Å². The molecule has 2 N–H and O–H groups in total. The van der Waals surface area contributed by atoms with Crippen molar-refractivity contribution in [3.05, 3.63) is 71.1 Å². The monoisotopic (exact) mass is 518 g/mol. The lowest BCUT2D eigenvalue weighted by Gasteiger charge is -2.36. The van der Waals surface area contributed by atoms with Gasteiger partial charge in [0.05, 0.1) is 0 Å². The van der Waals surface area contributed by atoms with Gasteiger partial charge in [0, 0.05) is 49.4 Å². The number of nitrogens with zero attached hydrogens (tertiary/aromatic N) is 4. The summed E-state index contributed by atoms with van der Waals surface area (Å²) in [7, 11) is 0.